The van der Waals surface area contributed by atoms with Crippen molar-refractivity contribution < 1.29 is 20.1 Å². The molecule has 0 unspecified atom stereocenters. The molecule has 3 N–H and O–H groups in total. The number of rotatable bonds is 5. The van der Waals surface area contributed by atoms with Crippen LogP contribution in [0.4, 0.5) is 0 Å². The molecule has 0 radical (unpaired) electrons. The maximum atomic E-state index is 12.0. The van der Waals surface area contributed by atoms with E-state index in [0.717, 1.165) is 25.7 Å². The highest BCUT2D eigenvalue weighted by Gasteiger charge is 2.67. The molecule has 3 saturated carbocycles. The van der Waals surface area contributed by atoms with Crippen LogP contribution in [-0.2, 0) is 4.79 Å². The lowest BCUT2D eigenvalue weighted by atomic mass is 9.46. The van der Waals surface area contributed by atoms with Crippen molar-refractivity contribution in [3.05, 3.63) is 23.8 Å². The van der Waals surface area contributed by atoms with E-state index >= 15 is 0 Å². The minimum absolute atomic E-state index is 0.0703. The fourth-order valence-electron chi connectivity index (χ4n) is 8.30. The molecule has 0 spiro atoms. The number of aliphatic hydroxyl groups is 3. The Balaban J connectivity index is 1.63. The van der Waals surface area contributed by atoms with Crippen LogP contribution in [0.25, 0.3) is 0 Å². The first-order valence-corrected chi connectivity index (χ1v) is 12.4. The first kappa shape index (κ1) is 23.2. The van der Waals surface area contributed by atoms with Crippen LogP contribution in [0.2, 0.25) is 0 Å². The Morgan fingerprint density at radius 3 is 2.58 bits per heavy atom. The molecule has 0 saturated heterocycles. The summed E-state index contributed by atoms with van der Waals surface area (Å²) in [6, 6.07) is 0. The van der Waals surface area contributed by atoms with E-state index in [-0.39, 0.29) is 29.0 Å². The summed E-state index contributed by atoms with van der Waals surface area (Å²) < 4.78 is 0. The van der Waals surface area contributed by atoms with E-state index in [1.54, 1.807) is 6.08 Å². The highest BCUT2D eigenvalue weighted by atomic mass is 16.3. The monoisotopic (exact) mass is 430 g/mol. The summed E-state index contributed by atoms with van der Waals surface area (Å²) in [7, 11) is 0. The zero-order valence-corrected chi connectivity index (χ0v) is 20.0. The molecule has 31 heavy (non-hydrogen) atoms. The molecule has 0 aromatic carbocycles. The Morgan fingerprint density at radius 2 is 1.90 bits per heavy atom. The van der Waals surface area contributed by atoms with Gasteiger partial charge < -0.3 is 15.3 Å². The Hall–Kier alpha value is -0.970. The molecular formula is C27H42O4. The van der Waals surface area contributed by atoms with Crippen molar-refractivity contribution in [2.45, 2.75) is 97.4 Å². The van der Waals surface area contributed by atoms with Gasteiger partial charge in [-0.05, 0) is 74.9 Å². The van der Waals surface area contributed by atoms with Crippen molar-refractivity contribution in [2.24, 2.45) is 40.4 Å². The lowest BCUT2D eigenvalue weighted by molar-refractivity contribution is -0.172. The van der Waals surface area contributed by atoms with Crippen molar-refractivity contribution in [1.29, 1.82) is 0 Å². The van der Waals surface area contributed by atoms with Crippen LogP contribution < -0.4 is 0 Å². The zero-order chi connectivity index (χ0) is 22.8. The average molecular weight is 431 g/mol. The summed E-state index contributed by atoms with van der Waals surface area (Å²) in [4.78, 5) is 12.0. The zero-order valence-electron chi connectivity index (χ0n) is 20.0. The highest BCUT2D eigenvalue weighted by Crippen LogP contribution is 2.67. The summed E-state index contributed by atoms with van der Waals surface area (Å²) in [6.07, 6.45) is 10.3. The third-order valence-corrected chi connectivity index (χ3v) is 9.83. The maximum absolute atomic E-state index is 12.0. The van der Waals surface area contributed by atoms with E-state index in [0.29, 0.717) is 31.1 Å². The number of hydrogen-bond donors (Lipinski definition) is 3. The van der Waals surface area contributed by atoms with Gasteiger partial charge in [-0.1, -0.05) is 52.2 Å². The lowest BCUT2D eigenvalue weighted by Crippen LogP contribution is -2.59. The fraction of sp³-hybridized carbons (Fsp3) is 0.815. The summed E-state index contributed by atoms with van der Waals surface area (Å²) in [5.74, 6) is 1.18. The first-order valence-electron chi connectivity index (χ1n) is 12.4. The topological polar surface area (TPSA) is 77.8 Å². The molecule has 4 rings (SSSR count). The quantitative estimate of drug-likeness (QED) is 0.603. The predicted octanol–water partition coefficient (Wildman–Crippen LogP) is 4.43. The van der Waals surface area contributed by atoms with Crippen LogP contribution in [0, 0.1) is 40.4 Å². The summed E-state index contributed by atoms with van der Waals surface area (Å²) in [6.45, 7) is 10.6. The first-order chi connectivity index (χ1) is 14.4. The van der Waals surface area contributed by atoms with Crippen molar-refractivity contribution in [2.75, 3.05) is 0 Å². The third-order valence-electron chi connectivity index (χ3n) is 9.83. The van der Waals surface area contributed by atoms with Gasteiger partial charge in [-0.3, -0.25) is 4.79 Å². The molecule has 0 aromatic heterocycles. The number of carbonyl (C=O) groups is 1. The Labute approximate surface area is 187 Å². The fourth-order valence-corrected chi connectivity index (χ4v) is 8.30. The van der Waals surface area contributed by atoms with Crippen LogP contribution in [0.5, 0.6) is 0 Å². The maximum Gasteiger partial charge on any atom is 0.178 e. The SMILES string of the molecule is CC(C)CCC[C@@](C)(O)[C@H]1[C@@H](O)C[C@H]2[C@@H]3CCC4=CC(=O)C=C[C@]4(C)[C@H]3C[C@@H](O)[C@@]21C. The molecule has 0 aliphatic heterocycles. The van der Waals surface area contributed by atoms with Gasteiger partial charge in [0.2, 0.25) is 0 Å². The van der Waals surface area contributed by atoms with Gasteiger partial charge in [0.05, 0.1) is 17.8 Å². The van der Waals surface area contributed by atoms with Gasteiger partial charge in [-0.15, -0.1) is 0 Å². The Bertz CT molecular complexity index is 780. The lowest BCUT2D eigenvalue weighted by Gasteiger charge is -2.59. The van der Waals surface area contributed by atoms with Gasteiger partial charge in [0.1, 0.15) is 0 Å². The van der Waals surface area contributed by atoms with Gasteiger partial charge in [-0.2, -0.15) is 0 Å². The standard InChI is InChI=1S/C27H42O4/c1-16(2)7-6-11-26(4,31)24-22(29)14-21-19-9-8-17-13-18(28)10-12-25(17,3)20(19)15-23(30)27(21,24)5/h10,12-13,16,19-24,29-31H,6-9,11,14-15H2,1-5H3/t19-,20+,21+,22+,23-,24-,25+,26-,27-/m1/s1. The van der Waals surface area contributed by atoms with Gasteiger partial charge in [-0.25, -0.2) is 0 Å². The molecule has 4 aliphatic rings. The summed E-state index contributed by atoms with van der Waals surface area (Å²) in [5, 5.41) is 34.3. The number of ketones is 1. The molecule has 174 valence electrons. The number of fused-ring (bicyclic) bond motifs is 5. The number of carbonyl (C=O) groups excluding carboxylic acids is 1. The molecule has 3 fully saturated rings. The summed E-state index contributed by atoms with van der Waals surface area (Å²) >= 11 is 0. The van der Waals surface area contributed by atoms with Crippen molar-refractivity contribution in [1.82, 2.24) is 0 Å². The molecular weight excluding hydrogens is 388 g/mol. The van der Waals surface area contributed by atoms with Gasteiger partial charge >= 0.3 is 0 Å². The second-order valence-corrected chi connectivity index (χ2v) is 12.1. The predicted molar refractivity (Wildman–Crippen MR) is 122 cm³/mol. The molecule has 4 aliphatic carbocycles. The van der Waals surface area contributed by atoms with E-state index < -0.39 is 23.2 Å². The van der Waals surface area contributed by atoms with Crippen LogP contribution in [0.1, 0.15) is 79.6 Å². The smallest absolute Gasteiger partial charge is 0.178 e. The minimum atomic E-state index is -0.994. The number of aliphatic hydroxyl groups excluding tert-OH is 2. The second-order valence-electron chi connectivity index (χ2n) is 12.1. The van der Waals surface area contributed by atoms with Crippen LogP contribution >= 0.6 is 0 Å². The van der Waals surface area contributed by atoms with Crippen LogP contribution in [0.15, 0.2) is 23.8 Å². The summed E-state index contributed by atoms with van der Waals surface area (Å²) in [5.41, 5.74) is -0.477. The molecule has 9 atom stereocenters. The van der Waals surface area contributed by atoms with E-state index in [9.17, 15) is 20.1 Å². The van der Waals surface area contributed by atoms with Gasteiger partial charge in [0, 0.05) is 16.7 Å². The molecule has 0 aromatic rings. The van der Waals surface area contributed by atoms with Crippen molar-refractivity contribution >= 4 is 5.78 Å². The van der Waals surface area contributed by atoms with Gasteiger partial charge in [0.25, 0.3) is 0 Å². The number of hydrogen-bond acceptors (Lipinski definition) is 4. The van der Waals surface area contributed by atoms with Gasteiger partial charge in [0.15, 0.2) is 5.78 Å². The largest absolute Gasteiger partial charge is 0.393 e. The molecule has 4 heteroatoms. The number of allylic oxidation sites excluding steroid dienone is 4. The molecule has 0 heterocycles. The van der Waals surface area contributed by atoms with Crippen LogP contribution in [-0.4, -0.2) is 38.9 Å². The third kappa shape index (κ3) is 3.57. The average Bonchev–Trinajstić information content (AvgIpc) is 2.95. The Morgan fingerprint density at radius 1 is 1.19 bits per heavy atom. The van der Waals surface area contributed by atoms with Crippen molar-refractivity contribution in [3.63, 3.8) is 0 Å². The molecule has 0 amide bonds. The van der Waals surface area contributed by atoms with Crippen molar-refractivity contribution in [3.8, 4) is 0 Å². The van der Waals surface area contributed by atoms with Crippen LogP contribution in [0.3, 0.4) is 0 Å². The van der Waals surface area contributed by atoms with E-state index in [2.05, 4.69) is 33.8 Å². The second kappa shape index (κ2) is 7.81. The highest BCUT2D eigenvalue weighted by molar-refractivity contribution is 6.01. The molecule has 0 bridgehead atoms. The Kier molecular flexibility index (Phi) is 5.85. The normalized spacial score (nSPS) is 46.2. The van der Waals surface area contributed by atoms with E-state index in [1.807, 2.05) is 13.0 Å². The minimum Gasteiger partial charge on any atom is -0.393 e. The molecule has 4 nitrogen and oxygen atoms in total. The van der Waals surface area contributed by atoms with E-state index in [1.165, 1.54) is 5.57 Å². The van der Waals surface area contributed by atoms with E-state index in [4.69, 9.17) is 0 Å².